The first-order chi connectivity index (χ1) is 49.5. The van der Waals surface area contributed by atoms with Crippen molar-refractivity contribution in [3.05, 3.63) is 155 Å². The predicted molar refractivity (Wildman–Crippen MR) is 392 cm³/mol. The first-order valence-corrected chi connectivity index (χ1v) is 40.0. The molecular formula is C60H52Br2Cl4N20O14S4. The smallest absolute Gasteiger partial charge is 0.276 e. The second kappa shape index (κ2) is 27.8. The monoisotopic (exact) mass is 1700 g/mol. The minimum Gasteiger partial charge on any atom is -0.384 e. The number of nitrogen functional groups attached to an aromatic ring is 1. The van der Waals surface area contributed by atoms with Crippen molar-refractivity contribution in [2.24, 2.45) is 17.8 Å². The molecule has 7 amide bonds. The molecule has 34 nitrogen and oxygen atoms in total. The van der Waals surface area contributed by atoms with E-state index in [2.05, 4.69) is 110 Å². The maximum atomic E-state index is 13.1. The normalized spacial score (nSPS) is 23.7. The molecule has 3 aliphatic carbocycles. The number of nitrogens with one attached hydrogen (secondary N) is 9. The molecule has 0 aromatic carbocycles. The highest BCUT2D eigenvalue weighted by molar-refractivity contribution is 9.10. The first-order valence-electron chi connectivity index (χ1n) is 31.2. The third-order valence-electron chi connectivity index (χ3n) is 17.7. The van der Waals surface area contributed by atoms with Crippen LogP contribution in [0.3, 0.4) is 0 Å². The fraction of sp³-hybridized carbons (Fsp3) is 0.350. The lowest BCUT2D eigenvalue weighted by molar-refractivity contribution is -0.118. The number of aromatic nitrogens is 10. The summed E-state index contributed by atoms with van der Waals surface area (Å²) in [5, 5.41) is 25.5. The standard InChI is InChI=1S/2C17H15ClN6O4S.C9H6BrClN2O3S.C9H6BrClN2O2S.C8H10N4O/c2*18-9-3-10(16(27)24-13(9)15(26)23-17(24)5-29(28)6-17)21-11-4-12(20-7-19-11)22-14(25)8-1-2-8;10-4-1-5(11)6-7(14)12-9(2-17(16)3-9)13(6)8(4)15;10-4-1-5(11)6-7(14)12-9(2-16-3-9)13(6)8(4)15;9-6-3-7(11-4-10-6)12-8(13)5-1-2-5/h2*3-4,7-8H,1-2,5-6H2,(H,23,26)(H2,19,20,21,22,25);1H,2-3H2,(H,12,14);1H,2-3H2,(H,12,14);3-5H,1-2H2,(H3,9,10,11,12,13). The number of amides is 7. The molecule has 18 rings (SSSR count). The fourth-order valence-corrected chi connectivity index (χ4v) is 19.6. The molecule has 0 unspecified atom stereocenters. The van der Waals surface area contributed by atoms with E-state index in [1.165, 1.54) is 73.6 Å². The number of hydrogen-bond acceptors (Lipinski definition) is 24. The summed E-state index contributed by atoms with van der Waals surface area (Å²) in [7, 11) is -3.22. The third-order valence-corrected chi connectivity index (χ3v) is 26.2. The van der Waals surface area contributed by atoms with Crippen molar-refractivity contribution in [2.45, 2.75) is 61.2 Å². The van der Waals surface area contributed by atoms with Crippen LogP contribution in [0.25, 0.3) is 0 Å². The van der Waals surface area contributed by atoms with Crippen LogP contribution >= 0.6 is 90.0 Å². The van der Waals surface area contributed by atoms with Crippen molar-refractivity contribution in [1.82, 2.24) is 69.4 Å². The Morgan fingerprint density at radius 2 is 0.721 bits per heavy atom. The Bertz CT molecular complexity index is 5100. The highest BCUT2D eigenvalue weighted by Crippen LogP contribution is 2.42. The molecule has 8 aliphatic heterocycles. The van der Waals surface area contributed by atoms with Gasteiger partial charge in [-0.3, -0.25) is 83.6 Å². The van der Waals surface area contributed by atoms with Gasteiger partial charge in [-0.05, 0) is 94.7 Å². The van der Waals surface area contributed by atoms with E-state index >= 15 is 0 Å². The molecule has 0 radical (unpaired) electrons. The lowest BCUT2D eigenvalue weighted by atomic mass is 10.2. The minimum atomic E-state index is -1.11. The topological polar surface area (TPSA) is 470 Å². The van der Waals surface area contributed by atoms with E-state index in [4.69, 9.17) is 52.1 Å². The number of thioether (sulfide) groups is 1. The molecule has 3 saturated carbocycles. The Hall–Kier alpha value is -8.35. The average molecular weight is 1710 g/mol. The van der Waals surface area contributed by atoms with Crippen molar-refractivity contribution in [3.63, 3.8) is 0 Å². The molecule has 104 heavy (non-hydrogen) atoms. The van der Waals surface area contributed by atoms with Gasteiger partial charge in [0.1, 0.15) is 111 Å². The Labute approximate surface area is 632 Å². The van der Waals surface area contributed by atoms with Crippen molar-refractivity contribution >= 4 is 210 Å². The number of carbonyl (C=O) groups excluding carboxylic acids is 7. The van der Waals surface area contributed by atoms with Gasteiger partial charge in [0.15, 0.2) is 0 Å². The predicted octanol–water partition coefficient (Wildman–Crippen LogP) is 3.32. The van der Waals surface area contributed by atoms with Crippen molar-refractivity contribution < 1.29 is 46.2 Å². The van der Waals surface area contributed by atoms with Crippen molar-refractivity contribution in [1.29, 1.82) is 0 Å². The van der Waals surface area contributed by atoms with Crippen LogP contribution in [0, 0.1) is 17.8 Å². The van der Waals surface area contributed by atoms with Gasteiger partial charge in [-0.1, -0.05) is 46.4 Å². The van der Waals surface area contributed by atoms with Crippen LogP contribution in [0.2, 0.25) is 20.1 Å². The molecule has 15 heterocycles. The van der Waals surface area contributed by atoms with E-state index in [1.54, 1.807) is 17.8 Å². The summed E-state index contributed by atoms with van der Waals surface area (Å²) >= 11 is 32.4. The summed E-state index contributed by atoms with van der Waals surface area (Å²) in [5.74, 6) is 2.99. The number of halogens is 6. The first kappa shape index (κ1) is 72.6. The summed E-state index contributed by atoms with van der Waals surface area (Å²) in [6.07, 6.45) is 9.28. The van der Waals surface area contributed by atoms with Crippen LogP contribution in [0.15, 0.2) is 89.6 Å². The van der Waals surface area contributed by atoms with Crippen LogP contribution in [0.1, 0.15) is 80.5 Å². The summed E-state index contributed by atoms with van der Waals surface area (Å²) in [6.45, 7) is 0. The summed E-state index contributed by atoms with van der Waals surface area (Å²) in [4.78, 5) is 157. The van der Waals surface area contributed by atoms with Crippen LogP contribution in [0.5, 0.6) is 0 Å². The molecule has 11 N–H and O–H groups in total. The molecule has 0 atom stereocenters. The van der Waals surface area contributed by atoms with Crippen LogP contribution < -0.4 is 75.8 Å². The molecule has 7 aromatic heterocycles. The average Bonchev–Trinajstić information content (AvgIpc) is 1.01. The maximum Gasteiger partial charge on any atom is 0.276 e. The highest BCUT2D eigenvalue weighted by Gasteiger charge is 2.56. The molecule has 44 heteroatoms. The Morgan fingerprint density at radius 3 is 1.03 bits per heavy atom. The van der Waals surface area contributed by atoms with Gasteiger partial charge < -0.3 is 53.6 Å². The molecule has 0 bridgehead atoms. The molecule has 542 valence electrons. The van der Waals surface area contributed by atoms with Crippen LogP contribution in [-0.2, 0) is 69.4 Å². The fourth-order valence-electron chi connectivity index (χ4n) is 12.2. The highest BCUT2D eigenvalue weighted by atomic mass is 79.9. The lowest BCUT2D eigenvalue weighted by Crippen LogP contribution is -2.62. The maximum absolute atomic E-state index is 13.1. The van der Waals surface area contributed by atoms with Gasteiger partial charge in [0.05, 0.1) is 63.6 Å². The van der Waals surface area contributed by atoms with Crippen LogP contribution in [0.4, 0.5) is 46.3 Å². The van der Waals surface area contributed by atoms with E-state index in [-0.39, 0.29) is 148 Å². The van der Waals surface area contributed by atoms with Crippen LogP contribution in [-0.4, -0.2) is 148 Å². The number of fused-ring (bicyclic) bond motifs is 8. The third kappa shape index (κ3) is 13.9. The number of rotatable bonds is 10. The Kier molecular flexibility index (Phi) is 19.4. The van der Waals surface area contributed by atoms with Gasteiger partial charge in [-0.15, -0.1) is 0 Å². The second-order valence-electron chi connectivity index (χ2n) is 25.5. The molecular weight excluding hydrogens is 1650 g/mol. The van der Waals surface area contributed by atoms with E-state index in [0.29, 0.717) is 48.7 Å². The van der Waals surface area contributed by atoms with Crippen molar-refractivity contribution in [3.8, 4) is 0 Å². The van der Waals surface area contributed by atoms with E-state index < -0.39 is 83.9 Å². The van der Waals surface area contributed by atoms with Crippen molar-refractivity contribution in [2.75, 3.05) is 78.3 Å². The largest absolute Gasteiger partial charge is 0.384 e. The van der Waals surface area contributed by atoms with Gasteiger partial charge in [0.2, 0.25) is 17.7 Å². The van der Waals surface area contributed by atoms with Gasteiger partial charge >= 0.3 is 0 Å². The van der Waals surface area contributed by atoms with E-state index in [1.807, 2.05) is 0 Å². The summed E-state index contributed by atoms with van der Waals surface area (Å²) < 4.78 is 40.6. The van der Waals surface area contributed by atoms with E-state index in [9.17, 15) is 65.4 Å². The molecule has 4 saturated heterocycles. The number of pyridine rings is 4. The van der Waals surface area contributed by atoms with Gasteiger partial charge in [-0.2, -0.15) is 11.8 Å². The number of hydrogen-bond donors (Lipinski definition) is 10. The Balaban J connectivity index is 0.000000114. The quantitative estimate of drug-likeness (QED) is 0.0938. The number of carbonyl (C=O) groups is 7. The summed E-state index contributed by atoms with van der Waals surface area (Å²) in [6, 6.07) is 10.1. The molecule has 4 spiro atoms. The zero-order valence-electron chi connectivity index (χ0n) is 53.1. The van der Waals surface area contributed by atoms with Gasteiger partial charge in [0, 0.05) is 79.9 Å². The number of anilines is 8. The molecule has 11 aliphatic rings. The zero-order chi connectivity index (χ0) is 73.8. The summed E-state index contributed by atoms with van der Waals surface area (Å²) in [5.41, 5.74) is 1.23. The lowest BCUT2D eigenvalue weighted by Gasteiger charge is -2.38. The van der Waals surface area contributed by atoms with Gasteiger partial charge in [0.25, 0.3) is 45.9 Å². The minimum absolute atomic E-state index is 0.0239. The second-order valence-corrected chi connectivity index (χ2v) is 34.2. The number of nitrogens with zero attached hydrogens (tertiary/aromatic N) is 10. The van der Waals surface area contributed by atoms with Gasteiger partial charge in [-0.25, -0.2) is 29.9 Å². The number of nitrogens with two attached hydrogens (primary N) is 1. The molecule has 7 aromatic rings. The van der Waals surface area contributed by atoms with E-state index in [0.717, 1.165) is 38.5 Å². The zero-order valence-corrected chi connectivity index (χ0v) is 62.5. The Morgan fingerprint density at radius 1 is 0.433 bits per heavy atom. The SMILES string of the molecule is Nc1cc(NC(=O)C2CC2)ncn1.O=C1NC2(CS(=O)C2)n2c1c(Cl)cc(Br)c2=O.O=C1NC2(CS(=O)C2)n2c1c(Cl)cc(Nc1cc(NC(=O)C3CC3)ncn1)c2=O.O=C1NC2(CS(=O)C2)n2c1c(Cl)cc(Nc1cc(NC(=O)C3CC3)ncn1)c2=O.O=C1NC2(CSC2)n2c1c(Cl)cc(Br)c2=O. The molecule has 7 fully saturated rings.